The lowest BCUT2D eigenvalue weighted by atomic mass is 10.2. The van der Waals surface area contributed by atoms with Crippen LogP contribution < -0.4 is 0 Å². The monoisotopic (exact) mass is 196 g/mol. The predicted octanol–water partition coefficient (Wildman–Crippen LogP) is 2.02. The van der Waals surface area contributed by atoms with Crippen LogP contribution in [-0.2, 0) is 0 Å². The van der Waals surface area contributed by atoms with Crippen molar-refractivity contribution in [1.29, 1.82) is 5.26 Å². The minimum absolute atomic E-state index is 0.583. The number of halogens is 1. The van der Waals surface area contributed by atoms with Crippen LogP contribution in [-0.4, -0.2) is 4.98 Å². The first-order valence-electron chi connectivity index (χ1n) is 2.76. The van der Waals surface area contributed by atoms with Crippen molar-refractivity contribution in [2.75, 3.05) is 0 Å². The number of nitrogens with zero attached hydrogens (tertiary/aromatic N) is 2. The first-order valence-corrected chi connectivity index (χ1v) is 3.55. The standard InChI is InChI=1S/C7H5BrN2/c1-5-2-6(3-9)7(8)10-4-5/h2,4H,1H3. The zero-order chi connectivity index (χ0) is 7.56. The maximum Gasteiger partial charge on any atom is 0.123 e. The molecule has 0 aromatic carbocycles. The summed E-state index contributed by atoms with van der Waals surface area (Å²) in [6.45, 7) is 1.90. The predicted molar refractivity (Wildman–Crippen MR) is 41.4 cm³/mol. The van der Waals surface area contributed by atoms with Crippen LogP contribution in [0, 0.1) is 18.3 Å². The number of aromatic nitrogens is 1. The fourth-order valence-corrected chi connectivity index (χ4v) is 0.936. The van der Waals surface area contributed by atoms with Crippen molar-refractivity contribution >= 4 is 15.9 Å². The van der Waals surface area contributed by atoms with Crippen molar-refractivity contribution in [3.63, 3.8) is 0 Å². The van der Waals surface area contributed by atoms with Crippen LogP contribution in [0.15, 0.2) is 16.9 Å². The highest BCUT2D eigenvalue weighted by atomic mass is 79.9. The molecule has 0 saturated heterocycles. The van der Waals surface area contributed by atoms with Gasteiger partial charge >= 0.3 is 0 Å². The van der Waals surface area contributed by atoms with Crippen molar-refractivity contribution < 1.29 is 0 Å². The molecule has 0 N–H and O–H groups in total. The topological polar surface area (TPSA) is 36.7 Å². The van der Waals surface area contributed by atoms with Crippen LogP contribution in [0.2, 0.25) is 0 Å². The number of aryl methyl sites for hydroxylation is 1. The van der Waals surface area contributed by atoms with E-state index in [4.69, 9.17) is 5.26 Å². The van der Waals surface area contributed by atoms with Crippen LogP contribution in [0.4, 0.5) is 0 Å². The summed E-state index contributed by atoms with van der Waals surface area (Å²) in [6, 6.07) is 3.82. The van der Waals surface area contributed by atoms with E-state index in [-0.39, 0.29) is 0 Å². The Kier molecular flexibility index (Phi) is 2.03. The molecule has 0 fully saturated rings. The third-order valence-corrected chi connectivity index (χ3v) is 1.73. The van der Waals surface area contributed by atoms with E-state index in [2.05, 4.69) is 20.9 Å². The van der Waals surface area contributed by atoms with Crippen molar-refractivity contribution in [3.8, 4) is 6.07 Å². The molecule has 0 aliphatic heterocycles. The average Bonchev–Trinajstić information content (AvgIpc) is 1.94. The van der Waals surface area contributed by atoms with Crippen LogP contribution in [0.3, 0.4) is 0 Å². The van der Waals surface area contributed by atoms with Crippen molar-refractivity contribution in [2.45, 2.75) is 6.92 Å². The zero-order valence-electron chi connectivity index (χ0n) is 5.43. The van der Waals surface area contributed by atoms with Crippen LogP contribution in [0.25, 0.3) is 0 Å². The van der Waals surface area contributed by atoms with Gasteiger partial charge in [0, 0.05) is 6.20 Å². The van der Waals surface area contributed by atoms with E-state index in [1.807, 2.05) is 13.0 Å². The molecule has 3 heteroatoms. The molecule has 0 radical (unpaired) electrons. The highest BCUT2D eigenvalue weighted by molar-refractivity contribution is 9.10. The lowest BCUT2D eigenvalue weighted by molar-refractivity contribution is 1.21. The second-order valence-corrected chi connectivity index (χ2v) is 2.71. The molecule has 2 nitrogen and oxygen atoms in total. The van der Waals surface area contributed by atoms with Gasteiger partial charge in [0.25, 0.3) is 0 Å². The molecule has 1 rings (SSSR count). The first kappa shape index (κ1) is 7.23. The molecule has 0 aliphatic rings. The Labute approximate surface area is 67.6 Å². The normalized spacial score (nSPS) is 8.90. The average molecular weight is 197 g/mol. The third-order valence-electron chi connectivity index (χ3n) is 1.10. The molecule has 1 aromatic heterocycles. The number of hydrogen-bond acceptors (Lipinski definition) is 2. The molecule has 0 spiro atoms. The molecule has 0 unspecified atom stereocenters. The van der Waals surface area contributed by atoms with Gasteiger partial charge in [0.05, 0.1) is 5.56 Å². The molecule has 10 heavy (non-hydrogen) atoms. The Morgan fingerprint density at radius 1 is 1.70 bits per heavy atom. The van der Waals surface area contributed by atoms with Gasteiger partial charge in [-0.25, -0.2) is 4.98 Å². The number of pyridine rings is 1. The SMILES string of the molecule is Cc1cnc(Br)c(C#N)c1. The van der Waals surface area contributed by atoms with Crippen molar-refractivity contribution in [2.24, 2.45) is 0 Å². The van der Waals surface area contributed by atoms with Gasteiger partial charge in [-0.2, -0.15) is 5.26 Å². The Hall–Kier alpha value is -0.880. The fraction of sp³-hybridized carbons (Fsp3) is 0.143. The van der Waals surface area contributed by atoms with Gasteiger partial charge in [0.15, 0.2) is 0 Å². The molecule has 0 amide bonds. The zero-order valence-corrected chi connectivity index (χ0v) is 7.01. The van der Waals surface area contributed by atoms with Gasteiger partial charge in [0.2, 0.25) is 0 Å². The number of hydrogen-bond donors (Lipinski definition) is 0. The molecule has 1 heterocycles. The largest absolute Gasteiger partial charge is 0.248 e. The molecule has 0 saturated carbocycles. The summed E-state index contributed by atoms with van der Waals surface area (Å²) in [4.78, 5) is 3.94. The Bertz CT molecular complexity index is 288. The minimum atomic E-state index is 0.583. The Balaban J connectivity index is 3.25. The summed E-state index contributed by atoms with van der Waals surface area (Å²) >= 11 is 3.16. The molecule has 1 aromatic rings. The summed E-state index contributed by atoms with van der Waals surface area (Å²) in [5.74, 6) is 0. The number of rotatable bonds is 0. The van der Waals surface area contributed by atoms with Crippen LogP contribution in [0.1, 0.15) is 11.1 Å². The molecule has 0 bridgehead atoms. The van der Waals surface area contributed by atoms with E-state index in [9.17, 15) is 0 Å². The summed E-state index contributed by atoms with van der Waals surface area (Å²) in [6.07, 6.45) is 1.71. The van der Waals surface area contributed by atoms with E-state index < -0.39 is 0 Å². The summed E-state index contributed by atoms with van der Waals surface area (Å²) in [5, 5.41) is 8.52. The highest BCUT2D eigenvalue weighted by Gasteiger charge is 1.97. The second-order valence-electron chi connectivity index (χ2n) is 1.96. The van der Waals surface area contributed by atoms with Crippen LogP contribution >= 0.6 is 15.9 Å². The van der Waals surface area contributed by atoms with Gasteiger partial charge < -0.3 is 0 Å². The second kappa shape index (κ2) is 2.80. The van der Waals surface area contributed by atoms with E-state index >= 15 is 0 Å². The lowest BCUT2D eigenvalue weighted by Gasteiger charge is -1.93. The Morgan fingerprint density at radius 3 is 2.90 bits per heavy atom. The highest BCUT2D eigenvalue weighted by Crippen LogP contribution is 2.12. The van der Waals surface area contributed by atoms with E-state index in [1.54, 1.807) is 12.3 Å². The van der Waals surface area contributed by atoms with Crippen molar-refractivity contribution in [1.82, 2.24) is 4.98 Å². The van der Waals surface area contributed by atoms with E-state index in [0.717, 1.165) is 5.56 Å². The van der Waals surface area contributed by atoms with Crippen molar-refractivity contribution in [3.05, 3.63) is 28.0 Å². The van der Waals surface area contributed by atoms with Crippen LogP contribution in [0.5, 0.6) is 0 Å². The maximum absolute atomic E-state index is 8.52. The Morgan fingerprint density at radius 2 is 2.40 bits per heavy atom. The van der Waals surface area contributed by atoms with Gasteiger partial charge in [-0.05, 0) is 34.5 Å². The first-order chi connectivity index (χ1) is 4.74. The quantitative estimate of drug-likeness (QED) is 0.596. The van der Waals surface area contributed by atoms with E-state index in [1.165, 1.54) is 0 Å². The molecular formula is C7H5BrN2. The van der Waals surface area contributed by atoms with Gasteiger partial charge in [-0.1, -0.05) is 0 Å². The summed E-state index contributed by atoms with van der Waals surface area (Å²) < 4.78 is 0.612. The lowest BCUT2D eigenvalue weighted by Crippen LogP contribution is -1.83. The van der Waals surface area contributed by atoms with Gasteiger partial charge in [0.1, 0.15) is 10.7 Å². The van der Waals surface area contributed by atoms with Gasteiger partial charge in [-0.15, -0.1) is 0 Å². The smallest absolute Gasteiger partial charge is 0.123 e. The molecule has 0 aliphatic carbocycles. The minimum Gasteiger partial charge on any atom is -0.248 e. The summed E-state index contributed by atoms with van der Waals surface area (Å²) in [7, 11) is 0. The fourth-order valence-electron chi connectivity index (χ4n) is 0.631. The van der Waals surface area contributed by atoms with Gasteiger partial charge in [-0.3, -0.25) is 0 Å². The third kappa shape index (κ3) is 1.34. The molecule has 0 atom stereocenters. The maximum atomic E-state index is 8.52. The summed E-state index contributed by atoms with van der Waals surface area (Å²) in [5.41, 5.74) is 1.58. The molecular weight excluding hydrogens is 192 g/mol. The van der Waals surface area contributed by atoms with E-state index in [0.29, 0.717) is 10.2 Å². The molecule has 50 valence electrons. The number of nitriles is 1.